The van der Waals surface area contributed by atoms with Crippen LogP contribution in [0, 0.1) is 0 Å². The van der Waals surface area contributed by atoms with Gasteiger partial charge in [0.1, 0.15) is 0 Å². The Balaban J connectivity index is 0. The highest BCUT2D eigenvalue weighted by atomic mass is 127. The Morgan fingerprint density at radius 2 is 1.91 bits per heavy atom. The summed E-state index contributed by atoms with van der Waals surface area (Å²) in [6.45, 7) is 9.62. The first-order valence-electron chi connectivity index (χ1n) is 7.43. The van der Waals surface area contributed by atoms with Crippen LogP contribution in [0.1, 0.15) is 26.7 Å². The second kappa shape index (κ2) is 13.1. The van der Waals surface area contributed by atoms with E-state index in [1.54, 1.807) is 7.05 Å². The molecule has 0 unspecified atom stereocenters. The summed E-state index contributed by atoms with van der Waals surface area (Å²) in [5.41, 5.74) is 0. The molecule has 0 rings (SSSR count). The molecule has 0 amide bonds. The number of nitrogens with one attached hydrogen (secondary N) is 1. The molecule has 132 valence electrons. The van der Waals surface area contributed by atoms with Gasteiger partial charge in [-0.05, 0) is 12.8 Å². The molecule has 0 atom stereocenters. The molecule has 0 aromatic heterocycles. The summed E-state index contributed by atoms with van der Waals surface area (Å²) >= 11 is 0. The predicted octanol–water partition coefficient (Wildman–Crippen LogP) is 1.75. The van der Waals surface area contributed by atoms with E-state index in [4.69, 9.17) is 0 Å². The molecule has 0 radical (unpaired) electrons. The molecule has 0 aromatic rings. The molecule has 0 aliphatic carbocycles. The van der Waals surface area contributed by atoms with Gasteiger partial charge < -0.3 is 10.2 Å². The fraction of sp³-hybridized carbons (Fsp3) is 0.786. The number of aliphatic imine (C=N–C) groups is 1. The van der Waals surface area contributed by atoms with Crippen LogP contribution in [0.15, 0.2) is 17.6 Å². The van der Waals surface area contributed by atoms with Crippen LogP contribution in [-0.4, -0.2) is 69.6 Å². The van der Waals surface area contributed by atoms with Gasteiger partial charge in [-0.25, -0.2) is 12.7 Å². The lowest BCUT2D eigenvalue weighted by atomic mass is 10.3. The van der Waals surface area contributed by atoms with E-state index in [0.717, 1.165) is 19.4 Å². The molecular weight excluding hydrogens is 415 g/mol. The average Bonchev–Trinajstić information content (AvgIpc) is 2.44. The van der Waals surface area contributed by atoms with Crippen molar-refractivity contribution in [2.45, 2.75) is 26.7 Å². The first kappa shape index (κ1) is 23.9. The molecule has 1 N–H and O–H groups in total. The molecule has 0 fully saturated rings. The van der Waals surface area contributed by atoms with Gasteiger partial charge in [0.25, 0.3) is 0 Å². The molecule has 0 spiro atoms. The third-order valence-corrected chi connectivity index (χ3v) is 5.24. The number of unbranched alkanes of at least 4 members (excludes halogenated alkanes) is 1. The van der Waals surface area contributed by atoms with Crippen LogP contribution in [0.5, 0.6) is 0 Å². The highest BCUT2D eigenvalue weighted by Crippen LogP contribution is 2.00. The summed E-state index contributed by atoms with van der Waals surface area (Å²) < 4.78 is 25.6. The number of halogens is 1. The van der Waals surface area contributed by atoms with Gasteiger partial charge in [-0.2, -0.15) is 0 Å². The monoisotopic (exact) mass is 446 g/mol. The lowest BCUT2D eigenvalue weighted by molar-refractivity contribution is 0.443. The van der Waals surface area contributed by atoms with E-state index in [1.807, 2.05) is 31.9 Å². The van der Waals surface area contributed by atoms with Crippen molar-refractivity contribution >= 4 is 40.0 Å². The highest BCUT2D eigenvalue weighted by Gasteiger charge is 2.18. The Morgan fingerprint density at radius 1 is 1.32 bits per heavy atom. The molecule has 22 heavy (non-hydrogen) atoms. The fourth-order valence-corrected chi connectivity index (χ4v) is 3.41. The predicted molar refractivity (Wildman–Crippen MR) is 106 cm³/mol. The molecule has 0 aliphatic rings. The van der Waals surface area contributed by atoms with Crippen molar-refractivity contribution < 1.29 is 8.42 Å². The van der Waals surface area contributed by atoms with Crippen molar-refractivity contribution in [3.63, 3.8) is 0 Å². The number of nitrogens with zero attached hydrogens (tertiary/aromatic N) is 3. The Labute approximate surface area is 153 Å². The van der Waals surface area contributed by atoms with Crippen molar-refractivity contribution in [2.24, 2.45) is 4.99 Å². The number of hydrogen-bond donors (Lipinski definition) is 1. The lowest BCUT2D eigenvalue weighted by Crippen LogP contribution is -2.43. The smallest absolute Gasteiger partial charge is 0.215 e. The van der Waals surface area contributed by atoms with Crippen LogP contribution in [0.4, 0.5) is 0 Å². The number of guanidine groups is 1. The van der Waals surface area contributed by atoms with E-state index in [2.05, 4.69) is 16.9 Å². The van der Waals surface area contributed by atoms with Gasteiger partial charge in [0.15, 0.2) is 5.96 Å². The van der Waals surface area contributed by atoms with Gasteiger partial charge in [-0.1, -0.05) is 19.9 Å². The van der Waals surface area contributed by atoms with E-state index >= 15 is 0 Å². The first-order valence-corrected chi connectivity index (χ1v) is 9.04. The minimum atomic E-state index is -3.19. The number of hydrogen-bond acceptors (Lipinski definition) is 3. The first-order chi connectivity index (χ1) is 9.92. The molecule has 0 bridgehead atoms. The number of rotatable bonds is 10. The quantitative estimate of drug-likeness (QED) is 0.183. The van der Waals surface area contributed by atoms with Crippen LogP contribution in [0.25, 0.3) is 0 Å². The van der Waals surface area contributed by atoms with E-state index in [0.29, 0.717) is 25.6 Å². The topological polar surface area (TPSA) is 65.0 Å². The van der Waals surface area contributed by atoms with Gasteiger partial charge in [-0.15, -0.1) is 30.6 Å². The van der Waals surface area contributed by atoms with E-state index < -0.39 is 10.0 Å². The number of allylic oxidation sites excluding steroid dienone is 1. The van der Waals surface area contributed by atoms with Gasteiger partial charge in [0.05, 0.1) is 5.75 Å². The van der Waals surface area contributed by atoms with Crippen molar-refractivity contribution in [3.05, 3.63) is 12.7 Å². The van der Waals surface area contributed by atoms with Crippen molar-refractivity contribution in [1.82, 2.24) is 14.5 Å². The zero-order valence-electron chi connectivity index (χ0n) is 14.2. The minimum absolute atomic E-state index is 0. The van der Waals surface area contributed by atoms with Crippen molar-refractivity contribution in [3.8, 4) is 0 Å². The molecular formula is C14H31IN4O2S. The fourth-order valence-electron chi connectivity index (χ4n) is 2.00. The second-order valence-electron chi connectivity index (χ2n) is 4.73. The minimum Gasteiger partial charge on any atom is -0.355 e. The zero-order chi connectivity index (χ0) is 16.3. The average molecular weight is 446 g/mol. The molecule has 0 aliphatic heterocycles. The second-order valence-corrected chi connectivity index (χ2v) is 6.82. The summed E-state index contributed by atoms with van der Waals surface area (Å²) in [7, 11) is 0.452. The van der Waals surface area contributed by atoms with Gasteiger partial charge in [0.2, 0.25) is 10.0 Å². The van der Waals surface area contributed by atoms with Crippen LogP contribution < -0.4 is 5.32 Å². The molecule has 0 heterocycles. The van der Waals surface area contributed by atoms with E-state index in [1.165, 1.54) is 4.31 Å². The largest absolute Gasteiger partial charge is 0.355 e. The Kier molecular flexibility index (Phi) is 14.3. The summed E-state index contributed by atoms with van der Waals surface area (Å²) in [5, 5.41) is 3.10. The third kappa shape index (κ3) is 8.94. The maximum atomic E-state index is 12.1. The van der Waals surface area contributed by atoms with E-state index in [9.17, 15) is 8.42 Å². The van der Waals surface area contributed by atoms with Crippen molar-refractivity contribution in [1.29, 1.82) is 0 Å². The van der Waals surface area contributed by atoms with E-state index in [-0.39, 0.29) is 29.7 Å². The standard InChI is InChI=1S/C14H30N4O2S.HI/c1-6-9-10-12-17(5)14(15-4)16-11-13-21(19,20)18(7-2)8-3;/h6H,1,7-13H2,2-5H3,(H,15,16);1H. The Hall–Kier alpha value is -0.350. The SMILES string of the molecule is C=CCCCN(C)C(=NC)NCCS(=O)(=O)N(CC)CC.I. The maximum Gasteiger partial charge on any atom is 0.215 e. The molecule has 0 aromatic carbocycles. The van der Waals surface area contributed by atoms with Gasteiger partial charge in [0, 0.05) is 40.3 Å². The van der Waals surface area contributed by atoms with Gasteiger partial charge in [-0.3, -0.25) is 4.99 Å². The third-order valence-electron chi connectivity index (χ3n) is 3.22. The molecule has 0 saturated heterocycles. The molecule has 0 saturated carbocycles. The Bertz CT molecular complexity index is 423. The van der Waals surface area contributed by atoms with Crippen LogP contribution >= 0.6 is 24.0 Å². The highest BCUT2D eigenvalue weighted by molar-refractivity contribution is 14.0. The molecule has 6 nitrogen and oxygen atoms in total. The van der Waals surface area contributed by atoms with Crippen molar-refractivity contribution in [2.75, 3.05) is 46.0 Å². The van der Waals surface area contributed by atoms with Crippen LogP contribution in [-0.2, 0) is 10.0 Å². The summed E-state index contributed by atoms with van der Waals surface area (Å²) in [6.07, 6.45) is 3.84. The lowest BCUT2D eigenvalue weighted by Gasteiger charge is -2.23. The Morgan fingerprint density at radius 3 is 2.36 bits per heavy atom. The van der Waals surface area contributed by atoms with Crippen LogP contribution in [0.3, 0.4) is 0 Å². The maximum absolute atomic E-state index is 12.1. The summed E-state index contributed by atoms with van der Waals surface area (Å²) in [6, 6.07) is 0. The summed E-state index contributed by atoms with van der Waals surface area (Å²) in [5.74, 6) is 0.794. The normalized spacial score (nSPS) is 12.0. The number of sulfonamides is 1. The van der Waals surface area contributed by atoms with Crippen LogP contribution in [0.2, 0.25) is 0 Å². The molecule has 8 heteroatoms. The zero-order valence-corrected chi connectivity index (χ0v) is 17.4. The van der Waals surface area contributed by atoms with Gasteiger partial charge >= 0.3 is 0 Å². The summed E-state index contributed by atoms with van der Waals surface area (Å²) in [4.78, 5) is 6.16.